The predicted molar refractivity (Wildman–Crippen MR) is 103 cm³/mol. The fourth-order valence-corrected chi connectivity index (χ4v) is 3.42. The number of nitrogens with zero attached hydrogens (tertiary/aromatic N) is 4. The van der Waals surface area contributed by atoms with E-state index < -0.39 is 0 Å². The van der Waals surface area contributed by atoms with Crippen molar-refractivity contribution < 1.29 is 12.4 Å². The first-order chi connectivity index (χ1) is 13.3. The summed E-state index contributed by atoms with van der Waals surface area (Å²) in [7, 11) is 0. The highest BCUT2D eigenvalue weighted by Crippen LogP contribution is 2.26. The lowest BCUT2D eigenvalue weighted by atomic mass is 10.1. The highest BCUT2D eigenvalue weighted by molar-refractivity contribution is 5.96. The van der Waals surface area contributed by atoms with Gasteiger partial charge < -0.3 is 19.6 Å². The fourth-order valence-electron chi connectivity index (χ4n) is 3.42. The number of carbonyl (C=O) groups is 1. The molecule has 0 spiro atoms. The van der Waals surface area contributed by atoms with Crippen LogP contribution in [0.4, 0.5) is 0 Å². The molecule has 0 radical (unpaired) electrons. The number of hydrogen-bond donors (Lipinski definition) is 2. The summed E-state index contributed by atoms with van der Waals surface area (Å²) in [5.74, 6) is -0.133. The highest BCUT2D eigenvalue weighted by atomic mass is 16.5. The fraction of sp³-hybridized carbons (Fsp3) is 0.368. The van der Waals surface area contributed by atoms with Gasteiger partial charge in [-0.2, -0.15) is 5.26 Å². The summed E-state index contributed by atoms with van der Waals surface area (Å²) in [4.78, 5) is 29.4. The molecule has 0 aliphatic carbocycles. The summed E-state index contributed by atoms with van der Waals surface area (Å²) >= 11 is 0. The van der Waals surface area contributed by atoms with E-state index in [-0.39, 0.29) is 14.9 Å². The van der Waals surface area contributed by atoms with Gasteiger partial charge in [-0.05, 0) is 25.0 Å². The van der Waals surface area contributed by atoms with Gasteiger partial charge in [0.1, 0.15) is 17.7 Å². The van der Waals surface area contributed by atoms with E-state index >= 15 is 0 Å². The van der Waals surface area contributed by atoms with Gasteiger partial charge in [-0.15, -0.1) is 0 Å². The molecule has 4 rings (SSSR count). The Morgan fingerprint density at radius 2 is 2.37 bits per heavy atom. The van der Waals surface area contributed by atoms with Gasteiger partial charge in [0.2, 0.25) is 0 Å². The van der Waals surface area contributed by atoms with Crippen LogP contribution in [0.5, 0.6) is 0 Å². The second-order valence-corrected chi connectivity index (χ2v) is 6.56. The number of aromatic nitrogens is 4. The molecular formula is C19H24N6O2. The molecule has 1 atom stereocenters. The third-order valence-corrected chi connectivity index (χ3v) is 4.77. The van der Waals surface area contributed by atoms with Gasteiger partial charge in [-0.1, -0.05) is 0 Å². The Morgan fingerprint density at radius 1 is 1.44 bits per heavy atom. The summed E-state index contributed by atoms with van der Waals surface area (Å²) < 4.78 is 5.66. The van der Waals surface area contributed by atoms with Gasteiger partial charge in [-0.3, -0.25) is 4.79 Å². The number of carbonyl (C=O) groups excluding carboxylic acids is 1. The monoisotopic (exact) mass is 368 g/mol. The van der Waals surface area contributed by atoms with Crippen LogP contribution in [0.25, 0.3) is 22.3 Å². The van der Waals surface area contributed by atoms with Crippen molar-refractivity contribution in [2.24, 2.45) is 0 Å². The topological polar surface area (TPSA) is 111 Å². The molecule has 1 fully saturated rings. The molecule has 3 aromatic heterocycles. The summed E-state index contributed by atoms with van der Waals surface area (Å²) in [6, 6.07) is 5.82. The van der Waals surface area contributed by atoms with Crippen LogP contribution in [-0.2, 0) is 4.74 Å². The molecule has 8 nitrogen and oxygen atoms in total. The van der Waals surface area contributed by atoms with Crippen LogP contribution in [0.15, 0.2) is 30.9 Å². The van der Waals surface area contributed by atoms with Crippen LogP contribution in [0.3, 0.4) is 0 Å². The van der Waals surface area contributed by atoms with Gasteiger partial charge in [-0.25, -0.2) is 9.97 Å². The zero-order valence-corrected chi connectivity index (χ0v) is 14.8. The molecule has 8 heteroatoms. The number of nitriles is 1. The minimum atomic E-state index is -0.133. The summed E-state index contributed by atoms with van der Waals surface area (Å²) in [6.45, 7) is 1.63. The first kappa shape index (κ1) is 17.2. The zero-order valence-electron chi connectivity index (χ0n) is 14.8. The summed E-state index contributed by atoms with van der Waals surface area (Å²) in [6.07, 6.45) is 7.38. The molecule has 142 valence electrons. The van der Waals surface area contributed by atoms with Crippen molar-refractivity contribution in [2.45, 2.75) is 25.4 Å². The predicted octanol–water partition coefficient (Wildman–Crippen LogP) is 2.98. The highest BCUT2D eigenvalue weighted by Gasteiger charge is 2.24. The molecule has 1 amide bonds. The number of H-pyrrole nitrogens is 2. The standard InChI is InChI=1S/C19H20N6O2.2H2/c20-5-2-7-25(11-14-3-1-8-27-14)19(26)16-9-13(10-22-16)17-15-4-6-21-18(15)24-12-23-17;;/h4,6,9-10,12,14,22H,1-3,7-8,11H2,(H,21,23,24);2*1H. The maximum atomic E-state index is 13.0. The van der Waals surface area contributed by atoms with E-state index in [1.54, 1.807) is 17.2 Å². The van der Waals surface area contributed by atoms with E-state index in [1.807, 2.05) is 12.3 Å². The first-order valence-corrected chi connectivity index (χ1v) is 9.01. The van der Waals surface area contributed by atoms with Crippen molar-refractivity contribution in [3.63, 3.8) is 0 Å². The molecule has 0 saturated carbocycles. The van der Waals surface area contributed by atoms with Crippen LogP contribution < -0.4 is 0 Å². The molecule has 1 unspecified atom stereocenters. The lowest BCUT2D eigenvalue weighted by Crippen LogP contribution is -2.38. The van der Waals surface area contributed by atoms with Crippen LogP contribution in [0.1, 0.15) is 32.6 Å². The largest absolute Gasteiger partial charge is 0.376 e. The van der Waals surface area contributed by atoms with E-state index in [1.165, 1.54) is 6.33 Å². The molecule has 0 aromatic carbocycles. The molecule has 27 heavy (non-hydrogen) atoms. The number of aromatic amines is 2. The van der Waals surface area contributed by atoms with E-state index in [9.17, 15) is 4.79 Å². The zero-order chi connectivity index (χ0) is 18.6. The Balaban J connectivity index is 0.00000150. The smallest absolute Gasteiger partial charge is 0.270 e. The van der Waals surface area contributed by atoms with Gasteiger partial charge >= 0.3 is 0 Å². The van der Waals surface area contributed by atoms with E-state index in [2.05, 4.69) is 26.0 Å². The van der Waals surface area contributed by atoms with Gasteiger partial charge in [0.05, 0.1) is 24.3 Å². The van der Waals surface area contributed by atoms with Gasteiger partial charge in [0.15, 0.2) is 0 Å². The average molecular weight is 368 g/mol. The minimum Gasteiger partial charge on any atom is -0.376 e. The Labute approximate surface area is 159 Å². The molecular weight excluding hydrogens is 344 g/mol. The number of hydrogen-bond acceptors (Lipinski definition) is 5. The van der Waals surface area contributed by atoms with Crippen molar-refractivity contribution in [1.82, 2.24) is 24.8 Å². The third-order valence-electron chi connectivity index (χ3n) is 4.77. The molecule has 3 aromatic rings. The number of rotatable bonds is 6. The Bertz CT molecular complexity index is 990. The van der Waals surface area contributed by atoms with Crippen LogP contribution >= 0.6 is 0 Å². The van der Waals surface area contributed by atoms with E-state index in [0.29, 0.717) is 25.2 Å². The second kappa shape index (κ2) is 7.60. The Morgan fingerprint density at radius 3 is 3.19 bits per heavy atom. The lowest BCUT2D eigenvalue weighted by Gasteiger charge is -2.24. The normalized spacial score (nSPS) is 16.5. The lowest BCUT2D eigenvalue weighted by molar-refractivity contribution is 0.0527. The van der Waals surface area contributed by atoms with Crippen molar-refractivity contribution in [3.05, 3.63) is 36.5 Å². The van der Waals surface area contributed by atoms with Crippen molar-refractivity contribution in [2.75, 3.05) is 19.7 Å². The van der Waals surface area contributed by atoms with E-state index in [0.717, 1.165) is 41.7 Å². The molecule has 4 heterocycles. The second-order valence-electron chi connectivity index (χ2n) is 6.56. The minimum absolute atomic E-state index is 0. The Hall–Kier alpha value is -3.18. The van der Waals surface area contributed by atoms with Crippen molar-refractivity contribution in [3.8, 4) is 17.3 Å². The molecule has 2 N–H and O–H groups in total. The van der Waals surface area contributed by atoms with Gasteiger partial charge in [0.25, 0.3) is 5.91 Å². The SMILES string of the molecule is N#CCCN(CC1CCCO1)C(=O)c1cc(-c2ncnc3[nH]ccc23)c[nH]1.[HH].[HH]. The van der Waals surface area contributed by atoms with Crippen molar-refractivity contribution >= 4 is 16.9 Å². The van der Waals surface area contributed by atoms with Gasteiger partial charge in [0, 0.05) is 45.9 Å². The molecule has 1 aliphatic heterocycles. The maximum Gasteiger partial charge on any atom is 0.270 e. The maximum absolute atomic E-state index is 13.0. The van der Waals surface area contributed by atoms with Crippen molar-refractivity contribution in [1.29, 1.82) is 5.26 Å². The van der Waals surface area contributed by atoms with Crippen LogP contribution in [-0.4, -0.2) is 56.5 Å². The quantitative estimate of drug-likeness (QED) is 0.695. The summed E-state index contributed by atoms with van der Waals surface area (Å²) in [5.41, 5.74) is 2.81. The molecule has 1 aliphatic rings. The molecule has 0 bridgehead atoms. The Kier molecular flexibility index (Phi) is 4.85. The molecule has 1 saturated heterocycles. The van der Waals surface area contributed by atoms with E-state index in [4.69, 9.17) is 10.00 Å². The number of ether oxygens (including phenoxy) is 1. The average Bonchev–Trinajstić information content (AvgIpc) is 3.45. The first-order valence-electron chi connectivity index (χ1n) is 9.01. The third kappa shape index (κ3) is 3.55. The van der Waals surface area contributed by atoms with Crippen LogP contribution in [0.2, 0.25) is 0 Å². The number of fused-ring (bicyclic) bond motifs is 1. The van der Waals surface area contributed by atoms with Crippen LogP contribution in [0, 0.1) is 11.3 Å². The number of amides is 1. The summed E-state index contributed by atoms with van der Waals surface area (Å²) in [5, 5.41) is 9.82. The number of nitrogens with one attached hydrogen (secondary N) is 2.